The van der Waals surface area contributed by atoms with Crippen molar-refractivity contribution in [2.24, 2.45) is 0 Å². The molecule has 0 aliphatic heterocycles. The monoisotopic (exact) mass is 496 g/mol. The van der Waals surface area contributed by atoms with Gasteiger partial charge in [0.05, 0.1) is 19.8 Å². The van der Waals surface area contributed by atoms with Crippen molar-refractivity contribution < 1.29 is 23.8 Å². The molecule has 0 heterocycles. The van der Waals surface area contributed by atoms with Crippen molar-refractivity contribution in [1.29, 1.82) is 0 Å². The summed E-state index contributed by atoms with van der Waals surface area (Å²) in [7, 11) is 3.06. The van der Waals surface area contributed by atoms with E-state index in [9.17, 15) is 9.59 Å². The van der Waals surface area contributed by atoms with Crippen LogP contribution >= 0.6 is 0 Å². The lowest BCUT2D eigenvalue weighted by atomic mass is 10.0. The summed E-state index contributed by atoms with van der Waals surface area (Å²) in [5.74, 6) is 1.29. The molecule has 0 saturated carbocycles. The molecule has 0 aliphatic rings. The molecule has 7 nitrogen and oxygen atoms in total. The molecule has 4 aromatic carbocycles. The number of urea groups is 1. The summed E-state index contributed by atoms with van der Waals surface area (Å²) in [6.45, 7) is 1.47. The Kier molecular flexibility index (Phi) is 8.05. The van der Waals surface area contributed by atoms with E-state index in [2.05, 4.69) is 10.6 Å². The normalized spacial score (nSPS) is 10.5. The SMILES string of the molecule is COc1ccc(NC(=O)Nc2ccc(OC(c3ccccc3)c3ccccc3)c(C(C)=O)c2)cc1OC. The number of Topliss-reactive ketones (excluding diaryl/α,β-unsaturated/α-hetero) is 1. The number of hydrogen-bond donors (Lipinski definition) is 2. The maximum absolute atomic E-state index is 12.6. The van der Waals surface area contributed by atoms with E-state index < -0.39 is 12.1 Å². The minimum absolute atomic E-state index is 0.182. The molecule has 2 N–H and O–H groups in total. The van der Waals surface area contributed by atoms with Gasteiger partial charge in [-0.05, 0) is 48.4 Å². The van der Waals surface area contributed by atoms with Crippen LogP contribution in [0.3, 0.4) is 0 Å². The molecule has 0 aromatic heterocycles. The average Bonchev–Trinajstić information content (AvgIpc) is 2.93. The zero-order valence-electron chi connectivity index (χ0n) is 20.9. The molecular formula is C30H28N2O5. The fraction of sp³-hybridized carbons (Fsp3) is 0.133. The second kappa shape index (κ2) is 11.8. The number of ether oxygens (including phenoxy) is 3. The fourth-order valence-corrected chi connectivity index (χ4v) is 3.90. The van der Waals surface area contributed by atoms with Crippen LogP contribution in [-0.4, -0.2) is 26.0 Å². The van der Waals surface area contributed by atoms with Gasteiger partial charge in [0.2, 0.25) is 0 Å². The number of methoxy groups -OCH3 is 2. The van der Waals surface area contributed by atoms with Gasteiger partial charge in [0.25, 0.3) is 0 Å². The first kappa shape index (κ1) is 25.3. The maximum atomic E-state index is 12.6. The van der Waals surface area contributed by atoms with Crippen LogP contribution < -0.4 is 24.8 Å². The Morgan fingerprint density at radius 3 is 1.68 bits per heavy atom. The highest BCUT2D eigenvalue weighted by Crippen LogP contribution is 2.33. The highest BCUT2D eigenvalue weighted by atomic mass is 16.5. The summed E-state index contributed by atoms with van der Waals surface area (Å²) < 4.78 is 16.9. The molecule has 0 spiro atoms. The van der Waals surface area contributed by atoms with E-state index in [4.69, 9.17) is 14.2 Å². The van der Waals surface area contributed by atoms with E-state index in [1.807, 2.05) is 60.7 Å². The molecule has 0 fully saturated rings. The first-order chi connectivity index (χ1) is 18.0. The number of rotatable bonds is 9. The third-order valence-corrected chi connectivity index (χ3v) is 5.71. The number of ketones is 1. The molecule has 4 rings (SSSR count). The van der Waals surface area contributed by atoms with Crippen molar-refractivity contribution in [2.75, 3.05) is 24.9 Å². The van der Waals surface area contributed by atoms with Crippen LogP contribution in [0.1, 0.15) is 34.5 Å². The standard InChI is InChI=1S/C30H28N2O5/c1-20(33)25-18-23(31-30(34)32-24-15-17-27(35-2)28(19-24)36-3)14-16-26(25)37-29(21-10-6-4-7-11-21)22-12-8-5-9-13-22/h4-19,29H,1-3H3,(H2,31,32,34). The molecule has 37 heavy (non-hydrogen) atoms. The number of carbonyl (C=O) groups excluding carboxylic acids is 2. The van der Waals surface area contributed by atoms with Crippen molar-refractivity contribution in [2.45, 2.75) is 13.0 Å². The zero-order chi connectivity index (χ0) is 26.2. The van der Waals surface area contributed by atoms with Gasteiger partial charge >= 0.3 is 6.03 Å². The summed E-state index contributed by atoms with van der Waals surface area (Å²) in [5.41, 5.74) is 3.25. The molecule has 2 amide bonds. The van der Waals surface area contributed by atoms with Gasteiger partial charge in [0, 0.05) is 17.4 Å². The molecule has 0 aliphatic carbocycles. The van der Waals surface area contributed by atoms with Crippen molar-refractivity contribution >= 4 is 23.2 Å². The predicted molar refractivity (Wildman–Crippen MR) is 144 cm³/mol. The Labute approximate surface area is 216 Å². The summed E-state index contributed by atoms with van der Waals surface area (Å²) in [6.07, 6.45) is -0.410. The Balaban J connectivity index is 1.55. The van der Waals surface area contributed by atoms with E-state index in [1.54, 1.807) is 43.5 Å². The topological polar surface area (TPSA) is 85.9 Å². The van der Waals surface area contributed by atoms with E-state index in [-0.39, 0.29) is 5.78 Å². The van der Waals surface area contributed by atoms with E-state index in [0.29, 0.717) is 34.2 Å². The smallest absolute Gasteiger partial charge is 0.323 e. The first-order valence-electron chi connectivity index (χ1n) is 11.7. The third kappa shape index (κ3) is 6.27. The number of carbonyl (C=O) groups is 2. The Morgan fingerprint density at radius 2 is 1.16 bits per heavy atom. The first-order valence-corrected chi connectivity index (χ1v) is 11.7. The fourth-order valence-electron chi connectivity index (χ4n) is 3.90. The van der Waals surface area contributed by atoms with Crippen LogP contribution in [0, 0.1) is 0 Å². The lowest BCUT2D eigenvalue weighted by Crippen LogP contribution is -2.20. The van der Waals surface area contributed by atoms with Crippen molar-refractivity contribution in [3.8, 4) is 17.2 Å². The molecule has 0 bridgehead atoms. The Morgan fingerprint density at radius 1 is 0.649 bits per heavy atom. The quantitative estimate of drug-likeness (QED) is 0.251. The second-order valence-electron chi connectivity index (χ2n) is 8.24. The molecule has 0 radical (unpaired) electrons. The minimum Gasteiger partial charge on any atom is -0.493 e. The van der Waals surface area contributed by atoms with Gasteiger partial charge in [-0.2, -0.15) is 0 Å². The lowest BCUT2D eigenvalue weighted by Gasteiger charge is -2.22. The molecule has 4 aromatic rings. The van der Waals surface area contributed by atoms with E-state index >= 15 is 0 Å². The van der Waals surface area contributed by atoms with Gasteiger partial charge in [-0.3, -0.25) is 4.79 Å². The van der Waals surface area contributed by atoms with E-state index in [0.717, 1.165) is 11.1 Å². The predicted octanol–water partition coefficient (Wildman–Crippen LogP) is 6.72. The molecule has 0 saturated heterocycles. The molecule has 188 valence electrons. The summed E-state index contributed by atoms with van der Waals surface area (Å²) >= 11 is 0. The number of hydrogen-bond acceptors (Lipinski definition) is 5. The summed E-state index contributed by atoms with van der Waals surface area (Å²) in [6, 6.07) is 29.2. The van der Waals surface area contributed by atoms with Crippen LogP contribution in [0.25, 0.3) is 0 Å². The highest BCUT2D eigenvalue weighted by Gasteiger charge is 2.19. The van der Waals surface area contributed by atoms with Gasteiger partial charge in [-0.1, -0.05) is 60.7 Å². The summed E-state index contributed by atoms with van der Waals surface area (Å²) in [4.78, 5) is 25.2. The second-order valence-corrected chi connectivity index (χ2v) is 8.24. The van der Waals surface area contributed by atoms with Crippen molar-refractivity contribution in [3.63, 3.8) is 0 Å². The molecule has 0 unspecified atom stereocenters. The van der Waals surface area contributed by atoms with Gasteiger partial charge in [-0.15, -0.1) is 0 Å². The minimum atomic E-state index is -0.471. The zero-order valence-corrected chi connectivity index (χ0v) is 20.9. The largest absolute Gasteiger partial charge is 0.493 e. The molecular weight excluding hydrogens is 468 g/mol. The Hall–Kier alpha value is -4.78. The lowest BCUT2D eigenvalue weighted by molar-refractivity contribution is 0.101. The molecule has 7 heteroatoms. The molecule has 0 atom stereocenters. The average molecular weight is 497 g/mol. The van der Waals surface area contributed by atoms with Gasteiger partial charge < -0.3 is 24.8 Å². The number of nitrogens with one attached hydrogen (secondary N) is 2. The van der Waals surface area contributed by atoms with Gasteiger partial charge in [0.15, 0.2) is 17.3 Å². The summed E-state index contributed by atoms with van der Waals surface area (Å²) in [5, 5.41) is 5.52. The van der Waals surface area contributed by atoms with Gasteiger partial charge in [-0.25, -0.2) is 4.79 Å². The third-order valence-electron chi connectivity index (χ3n) is 5.71. The van der Waals surface area contributed by atoms with E-state index in [1.165, 1.54) is 14.0 Å². The van der Waals surface area contributed by atoms with Crippen molar-refractivity contribution in [3.05, 3.63) is 114 Å². The van der Waals surface area contributed by atoms with Crippen LogP contribution in [0.2, 0.25) is 0 Å². The van der Waals surface area contributed by atoms with Crippen LogP contribution in [-0.2, 0) is 0 Å². The van der Waals surface area contributed by atoms with Gasteiger partial charge in [0.1, 0.15) is 11.9 Å². The van der Waals surface area contributed by atoms with Crippen LogP contribution in [0.15, 0.2) is 97.1 Å². The van der Waals surface area contributed by atoms with Crippen LogP contribution in [0.4, 0.5) is 16.2 Å². The Bertz CT molecular complexity index is 1330. The van der Waals surface area contributed by atoms with Crippen LogP contribution in [0.5, 0.6) is 17.2 Å². The number of anilines is 2. The number of benzene rings is 4. The maximum Gasteiger partial charge on any atom is 0.323 e. The van der Waals surface area contributed by atoms with Crippen molar-refractivity contribution in [1.82, 2.24) is 0 Å². The highest BCUT2D eigenvalue weighted by molar-refractivity contribution is 6.02. The number of amides is 2.